The smallest absolute Gasteiger partial charge is 0.255 e. The molecular formula is C19H21ClFN3O4S. The molecule has 0 unspecified atom stereocenters. The lowest BCUT2D eigenvalue weighted by Crippen LogP contribution is -2.36. The summed E-state index contributed by atoms with van der Waals surface area (Å²) in [6.45, 7) is 2.26. The molecule has 2 aromatic rings. The average molecular weight is 442 g/mol. The Bertz CT molecular complexity index is 1020. The molecule has 1 fully saturated rings. The van der Waals surface area contributed by atoms with Crippen molar-refractivity contribution in [2.75, 3.05) is 50.6 Å². The maximum atomic E-state index is 14.5. The van der Waals surface area contributed by atoms with Crippen LogP contribution in [0, 0.1) is 5.82 Å². The normalized spacial score (nSPS) is 14.9. The monoisotopic (exact) mass is 441 g/mol. The van der Waals surface area contributed by atoms with Crippen LogP contribution < -0.4 is 10.2 Å². The topological polar surface area (TPSA) is 79.0 Å². The summed E-state index contributed by atoms with van der Waals surface area (Å²) in [6.07, 6.45) is 0. The Morgan fingerprint density at radius 3 is 2.48 bits per heavy atom. The molecule has 0 bridgehead atoms. The first-order chi connectivity index (χ1) is 13.7. The molecule has 0 aliphatic carbocycles. The third-order valence-corrected chi connectivity index (χ3v) is 6.81. The molecule has 1 N–H and O–H groups in total. The molecule has 0 saturated carbocycles. The number of amides is 1. The van der Waals surface area contributed by atoms with Gasteiger partial charge >= 0.3 is 0 Å². The number of anilines is 2. The highest BCUT2D eigenvalue weighted by molar-refractivity contribution is 7.89. The van der Waals surface area contributed by atoms with Gasteiger partial charge in [-0.2, -0.15) is 0 Å². The first-order valence-electron chi connectivity index (χ1n) is 8.86. The van der Waals surface area contributed by atoms with Gasteiger partial charge in [-0.1, -0.05) is 11.6 Å². The Labute approximate surface area is 174 Å². The number of nitrogens with one attached hydrogen (secondary N) is 1. The number of sulfonamides is 1. The molecule has 0 aromatic heterocycles. The lowest BCUT2D eigenvalue weighted by Gasteiger charge is -2.29. The predicted molar refractivity (Wildman–Crippen MR) is 110 cm³/mol. The van der Waals surface area contributed by atoms with Crippen LogP contribution in [-0.2, 0) is 14.8 Å². The first kappa shape index (κ1) is 21.5. The molecule has 1 aliphatic rings. The van der Waals surface area contributed by atoms with E-state index >= 15 is 0 Å². The third kappa shape index (κ3) is 4.69. The molecule has 156 valence electrons. The standard InChI is InChI=1S/C19H21ClFN3O4S/c1-23(2)29(26,27)18-11-13(3-5-15(18)20)19(25)22-14-4-6-17(16(21)12-14)24-7-9-28-10-8-24/h3-6,11-12H,7-10H2,1-2H3,(H,22,25). The van der Waals surface area contributed by atoms with Crippen molar-refractivity contribution in [3.05, 3.63) is 52.8 Å². The fourth-order valence-electron chi connectivity index (χ4n) is 2.89. The van der Waals surface area contributed by atoms with Crippen LogP contribution in [0.4, 0.5) is 15.8 Å². The Morgan fingerprint density at radius 2 is 1.86 bits per heavy atom. The summed E-state index contributed by atoms with van der Waals surface area (Å²) in [5.74, 6) is -1.04. The second-order valence-corrected chi connectivity index (χ2v) is 9.18. The van der Waals surface area contributed by atoms with E-state index in [0.29, 0.717) is 32.0 Å². The van der Waals surface area contributed by atoms with Gasteiger partial charge in [0.15, 0.2) is 0 Å². The van der Waals surface area contributed by atoms with Crippen molar-refractivity contribution in [2.45, 2.75) is 4.90 Å². The molecule has 3 rings (SSSR count). The van der Waals surface area contributed by atoms with Crippen LogP contribution in [0.15, 0.2) is 41.3 Å². The molecule has 10 heteroatoms. The van der Waals surface area contributed by atoms with Crippen LogP contribution in [0.1, 0.15) is 10.4 Å². The minimum atomic E-state index is -3.82. The number of carbonyl (C=O) groups is 1. The summed E-state index contributed by atoms with van der Waals surface area (Å²) in [7, 11) is -1.07. The molecule has 2 aromatic carbocycles. The Balaban J connectivity index is 1.81. The highest BCUT2D eigenvalue weighted by Gasteiger charge is 2.23. The molecule has 0 atom stereocenters. The van der Waals surface area contributed by atoms with E-state index in [1.165, 1.54) is 38.4 Å². The molecular weight excluding hydrogens is 421 g/mol. The molecule has 7 nitrogen and oxygen atoms in total. The number of carbonyl (C=O) groups excluding carboxylic acids is 1. The molecule has 1 saturated heterocycles. The zero-order chi connectivity index (χ0) is 21.2. The highest BCUT2D eigenvalue weighted by Crippen LogP contribution is 2.27. The van der Waals surface area contributed by atoms with E-state index in [4.69, 9.17) is 16.3 Å². The van der Waals surface area contributed by atoms with Crippen molar-refractivity contribution in [3.8, 4) is 0 Å². The Hall–Kier alpha value is -2.20. The van der Waals surface area contributed by atoms with E-state index in [-0.39, 0.29) is 21.2 Å². The van der Waals surface area contributed by atoms with Crippen LogP contribution in [0.5, 0.6) is 0 Å². The van der Waals surface area contributed by atoms with Gasteiger partial charge in [-0.05, 0) is 36.4 Å². The number of ether oxygens (including phenoxy) is 1. The number of halogens is 2. The maximum Gasteiger partial charge on any atom is 0.255 e. The van der Waals surface area contributed by atoms with Crippen molar-refractivity contribution in [3.63, 3.8) is 0 Å². The van der Waals surface area contributed by atoms with Crippen LogP contribution in [0.25, 0.3) is 0 Å². The van der Waals surface area contributed by atoms with Gasteiger partial charge in [0.1, 0.15) is 10.7 Å². The largest absolute Gasteiger partial charge is 0.378 e. The van der Waals surface area contributed by atoms with Gasteiger partial charge in [-0.3, -0.25) is 4.79 Å². The number of hydrogen-bond donors (Lipinski definition) is 1. The number of morpholine rings is 1. The van der Waals surface area contributed by atoms with Gasteiger partial charge in [-0.15, -0.1) is 0 Å². The van der Waals surface area contributed by atoms with Crippen LogP contribution in [-0.4, -0.2) is 59.0 Å². The van der Waals surface area contributed by atoms with Crippen molar-refractivity contribution < 1.29 is 22.3 Å². The number of rotatable bonds is 5. The van der Waals surface area contributed by atoms with Crippen molar-refractivity contribution >= 4 is 38.9 Å². The zero-order valence-electron chi connectivity index (χ0n) is 16.0. The Kier molecular flexibility index (Phi) is 6.42. The second-order valence-electron chi connectivity index (χ2n) is 6.65. The van der Waals surface area contributed by atoms with Gasteiger partial charge in [0, 0.05) is 38.4 Å². The molecule has 0 radical (unpaired) electrons. The predicted octanol–water partition coefficient (Wildman–Crippen LogP) is 2.82. The van der Waals surface area contributed by atoms with Crippen molar-refractivity contribution in [2.24, 2.45) is 0 Å². The summed E-state index contributed by atoms with van der Waals surface area (Å²) in [5.41, 5.74) is 0.793. The van der Waals surface area contributed by atoms with E-state index in [9.17, 15) is 17.6 Å². The fraction of sp³-hybridized carbons (Fsp3) is 0.316. The van der Waals surface area contributed by atoms with Crippen LogP contribution in [0.3, 0.4) is 0 Å². The van der Waals surface area contributed by atoms with E-state index in [1.807, 2.05) is 4.90 Å². The van der Waals surface area contributed by atoms with E-state index in [1.54, 1.807) is 12.1 Å². The summed E-state index contributed by atoms with van der Waals surface area (Å²) in [5, 5.41) is 2.59. The molecule has 0 spiro atoms. The highest BCUT2D eigenvalue weighted by atomic mass is 35.5. The number of benzene rings is 2. The molecule has 1 heterocycles. The Morgan fingerprint density at radius 1 is 1.17 bits per heavy atom. The minimum absolute atomic E-state index is 0.0103. The lowest BCUT2D eigenvalue weighted by molar-refractivity contribution is 0.102. The van der Waals surface area contributed by atoms with E-state index in [2.05, 4.69) is 5.32 Å². The summed E-state index contributed by atoms with van der Waals surface area (Å²) in [4.78, 5) is 14.3. The maximum absolute atomic E-state index is 14.5. The van der Waals surface area contributed by atoms with Gasteiger partial charge in [0.25, 0.3) is 5.91 Å². The lowest BCUT2D eigenvalue weighted by atomic mass is 10.2. The zero-order valence-corrected chi connectivity index (χ0v) is 17.6. The van der Waals surface area contributed by atoms with Crippen molar-refractivity contribution in [1.29, 1.82) is 0 Å². The number of hydrogen-bond acceptors (Lipinski definition) is 5. The second kappa shape index (κ2) is 8.66. The first-order valence-corrected chi connectivity index (χ1v) is 10.7. The summed E-state index contributed by atoms with van der Waals surface area (Å²) >= 11 is 6.00. The fourth-order valence-corrected chi connectivity index (χ4v) is 4.28. The third-order valence-electron chi connectivity index (χ3n) is 4.51. The minimum Gasteiger partial charge on any atom is -0.378 e. The van der Waals surface area contributed by atoms with Gasteiger partial charge < -0.3 is 15.0 Å². The van der Waals surface area contributed by atoms with E-state index < -0.39 is 21.7 Å². The van der Waals surface area contributed by atoms with Crippen LogP contribution in [0.2, 0.25) is 5.02 Å². The van der Waals surface area contributed by atoms with Gasteiger partial charge in [-0.25, -0.2) is 17.1 Å². The molecule has 1 amide bonds. The average Bonchev–Trinajstić information content (AvgIpc) is 2.68. The molecule has 1 aliphatic heterocycles. The van der Waals surface area contributed by atoms with Gasteiger partial charge in [0.2, 0.25) is 10.0 Å². The SMILES string of the molecule is CN(C)S(=O)(=O)c1cc(C(=O)Nc2ccc(N3CCOCC3)c(F)c2)ccc1Cl. The number of nitrogens with zero attached hydrogens (tertiary/aromatic N) is 2. The van der Waals surface area contributed by atoms with Crippen molar-refractivity contribution in [1.82, 2.24) is 4.31 Å². The summed E-state index contributed by atoms with van der Waals surface area (Å²) < 4.78 is 45.5. The summed E-state index contributed by atoms with van der Waals surface area (Å²) in [6, 6.07) is 8.38. The quantitative estimate of drug-likeness (QED) is 0.771. The van der Waals surface area contributed by atoms with E-state index in [0.717, 1.165) is 4.31 Å². The van der Waals surface area contributed by atoms with Gasteiger partial charge in [0.05, 0.1) is 23.9 Å². The van der Waals surface area contributed by atoms with Crippen LogP contribution >= 0.6 is 11.6 Å². The molecule has 29 heavy (non-hydrogen) atoms.